The van der Waals surface area contributed by atoms with E-state index in [9.17, 15) is 0 Å². The number of fused-ring (bicyclic) bond motifs is 1. The molecular weight excluding hydrogens is 250 g/mol. The van der Waals surface area contributed by atoms with Crippen LogP contribution in [0.25, 0.3) is 0 Å². The highest BCUT2D eigenvalue weighted by Gasteiger charge is 2.20. The maximum absolute atomic E-state index is 6.13. The van der Waals surface area contributed by atoms with Crippen LogP contribution in [0.3, 0.4) is 0 Å². The van der Waals surface area contributed by atoms with E-state index in [1.54, 1.807) is 6.34 Å². The Hall–Kier alpha value is -1.94. The summed E-state index contributed by atoms with van der Waals surface area (Å²) in [6.07, 6.45) is 7.29. The summed E-state index contributed by atoms with van der Waals surface area (Å²) in [6, 6.07) is 5.72. The summed E-state index contributed by atoms with van der Waals surface area (Å²) >= 11 is 6.13. The van der Waals surface area contributed by atoms with Crippen molar-refractivity contribution in [1.82, 2.24) is 10.4 Å². The van der Waals surface area contributed by atoms with Crippen molar-refractivity contribution in [3.63, 3.8) is 0 Å². The van der Waals surface area contributed by atoms with Crippen molar-refractivity contribution in [3.05, 3.63) is 52.9 Å². The third kappa shape index (κ3) is 2.07. The van der Waals surface area contributed by atoms with Crippen molar-refractivity contribution < 1.29 is 4.74 Å². The van der Waals surface area contributed by atoms with Gasteiger partial charge in [-0.3, -0.25) is 10.4 Å². The van der Waals surface area contributed by atoms with Crippen molar-refractivity contribution in [2.45, 2.75) is 13.1 Å². The molecule has 3 rings (SSSR count). The zero-order valence-corrected chi connectivity index (χ0v) is 10.6. The molecule has 5 heteroatoms. The van der Waals surface area contributed by atoms with E-state index >= 15 is 0 Å². The van der Waals surface area contributed by atoms with Gasteiger partial charge in [0.2, 0.25) is 0 Å². The zero-order chi connectivity index (χ0) is 12.5. The lowest BCUT2D eigenvalue weighted by Gasteiger charge is -2.22. The van der Waals surface area contributed by atoms with Crippen LogP contribution >= 0.6 is 11.6 Å². The molecule has 0 radical (unpaired) electrons. The fourth-order valence-corrected chi connectivity index (χ4v) is 2.09. The van der Waals surface area contributed by atoms with Crippen molar-refractivity contribution in [3.8, 4) is 5.75 Å². The molecule has 0 saturated carbocycles. The van der Waals surface area contributed by atoms with E-state index < -0.39 is 0 Å². The highest BCUT2D eigenvalue weighted by Crippen LogP contribution is 2.28. The van der Waals surface area contributed by atoms with Crippen LogP contribution in [-0.4, -0.2) is 17.5 Å². The number of hydrazine groups is 1. The first-order valence-corrected chi connectivity index (χ1v) is 6.00. The minimum Gasteiger partial charge on any atom is -0.456 e. The number of aliphatic imine (C=N–C) groups is 1. The number of hydrogen-bond acceptors (Lipinski definition) is 4. The SMILES string of the molecule is Cc1ccc(OC2=CC3N=CNN3C=C2)c(Cl)c1. The first kappa shape index (κ1) is 11.2. The molecule has 2 heterocycles. The van der Waals surface area contributed by atoms with Crippen molar-refractivity contribution >= 4 is 17.9 Å². The molecule has 0 saturated heterocycles. The van der Waals surface area contributed by atoms with Crippen molar-refractivity contribution in [2.75, 3.05) is 0 Å². The van der Waals surface area contributed by atoms with Crippen LogP contribution in [0.4, 0.5) is 0 Å². The van der Waals surface area contributed by atoms with E-state index in [0.29, 0.717) is 10.8 Å². The minimum absolute atomic E-state index is 0.0470. The average Bonchev–Trinajstić information content (AvgIpc) is 2.80. The molecule has 92 valence electrons. The number of rotatable bonds is 2. The van der Waals surface area contributed by atoms with E-state index in [0.717, 1.165) is 11.3 Å². The molecule has 0 aliphatic carbocycles. The number of benzene rings is 1. The van der Waals surface area contributed by atoms with Gasteiger partial charge in [0.1, 0.15) is 17.8 Å². The topological polar surface area (TPSA) is 36.9 Å². The summed E-state index contributed by atoms with van der Waals surface area (Å²) in [5.41, 5.74) is 4.10. The van der Waals surface area contributed by atoms with E-state index in [1.165, 1.54) is 0 Å². The quantitative estimate of drug-likeness (QED) is 0.889. The predicted octanol–water partition coefficient (Wildman–Crippen LogP) is 2.61. The Kier molecular flexibility index (Phi) is 2.72. The molecule has 2 aliphatic heterocycles. The Morgan fingerprint density at radius 1 is 1.44 bits per heavy atom. The Morgan fingerprint density at radius 3 is 3.17 bits per heavy atom. The summed E-state index contributed by atoms with van der Waals surface area (Å²) in [5.74, 6) is 1.39. The molecule has 1 unspecified atom stereocenters. The van der Waals surface area contributed by atoms with Gasteiger partial charge < -0.3 is 4.74 Å². The minimum atomic E-state index is -0.0470. The zero-order valence-electron chi connectivity index (χ0n) is 9.80. The normalized spacial score (nSPS) is 20.4. The first-order chi connectivity index (χ1) is 8.72. The van der Waals surface area contributed by atoms with Gasteiger partial charge in [0.25, 0.3) is 0 Å². The Bertz CT molecular complexity index is 565. The number of ether oxygens (including phenoxy) is 1. The number of halogens is 1. The molecule has 1 atom stereocenters. The summed E-state index contributed by atoms with van der Waals surface area (Å²) in [5, 5.41) is 2.49. The van der Waals surface area contributed by atoms with Crippen LogP contribution in [0.2, 0.25) is 5.02 Å². The molecule has 18 heavy (non-hydrogen) atoms. The lowest BCUT2D eigenvalue weighted by molar-refractivity contribution is 0.300. The largest absolute Gasteiger partial charge is 0.456 e. The third-order valence-corrected chi connectivity index (χ3v) is 3.04. The van der Waals surface area contributed by atoms with E-state index in [-0.39, 0.29) is 6.17 Å². The lowest BCUT2D eigenvalue weighted by Crippen LogP contribution is -2.34. The van der Waals surface area contributed by atoms with Crippen molar-refractivity contribution in [1.29, 1.82) is 0 Å². The van der Waals surface area contributed by atoms with Gasteiger partial charge in [-0.15, -0.1) is 0 Å². The van der Waals surface area contributed by atoms with E-state index in [4.69, 9.17) is 16.3 Å². The van der Waals surface area contributed by atoms with Crippen LogP contribution in [0.5, 0.6) is 5.75 Å². The first-order valence-electron chi connectivity index (χ1n) is 5.62. The second kappa shape index (κ2) is 4.38. The van der Waals surface area contributed by atoms with Crippen LogP contribution in [0, 0.1) is 6.92 Å². The lowest BCUT2D eigenvalue weighted by atomic mass is 10.2. The van der Waals surface area contributed by atoms with Crippen LogP contribution in [-0.2, 0) is 0 Å². The molecule has 2 aliphatic rings. The van der Waals surface area contributed by atoms with E-state index in [1.807, 2.05) is 48.5 Å². The summed E-state index contributed by atoms with van der Waals surface area (Å²) < 4.78 is 5.76. The van der Waals surface area contributed by atoms with Crippen LogP contribution < -0.4 is 10.2 Å². The van der Waals surface area contributed by atoms with Crippen molar-refractivity contribution in [2.24, 2.45) is 4.99 Å². The van der Waals surface area contributed by atoms with Gasteiger partial charge in [0.05, 0.1) is 5.02 Å². The average molecular weight is 262 g/mol. The number of aryl methyl sites for hydroxylation is 1. The maximum atomic E-state index is 6.13. The molecule has 0 aromatic heterocycles. The van der Waals surface area contributed by atoms with E-state index in [2.05, 4.69) is 10.4 Å². The highest BCUT2D eigenvalue weighted by molar-refractivity contribution is 6.32. The molecule has 0 fully saturated rings. The number of allylic oxidation sites excluding steroid dienone is 1. The fourth-order valence-electron chi connectivity index (χ4n) is 1.82. The molecule has 0 amide bonds. The summed E-state index contributed by atoms with van der Waals surface area (Å²) in [6.45, 7) is 1.99. The van der Waals surface area contributed by atoms with Gasteiger partial charge in [-0.1, -0.05) is 17.7 Å². The summed E-state index contributed by atoms with van der Waals surface area (Å²) in [7, 11) is 0. The third-order valence-electron chi connectivity index (χ3n) is 2.75. The van der Waals surface area contributed by atoms with Gasteiger partial charge in [0.15, 0.2) is 6.17 Å². The molecule has 1 aromatic rings. The maximum Gasteiger partial charge on any atom is 0.163 e. The standard InChI is InChI=1S/C13H12ClN3O/c1-9-2-3-12(11(14)6-9)18-10-4-5-17-13(7-10)15-8-16-17/h2-8,13H,1H3,(H,15,16). The Morgan fingerprint density at radius 2 is 2.33 bits per heavy atom. The molecule has 0 spiro atoms. The monoisotopic (exact) mass is 261 g/mol. The smallest absolute Gasteiger partial charge is 0.163 e. The van der Waals surface area contributed by atoms with Gasteiger partial charge in [-0.05, 0) is 30.7 Å². The van der Waals surface area contributed by atoms with Gasteiger partial charge in [-0.25, -0.2) is 4.99 Å². The molecule has 1 N–H and O–H groups in total. The molecule has 0 bridgehead atoms. The second-order valence-corrected chi connectivity index (χ2v) is 4.56. The second-order valence-electron chi connectivity index (χ2n) is 4.15. The Labute approximate surface area is 110 Å². The molecule has 1 aromatic carbocycles. The predicted molar refractivity (Wildman–Crippen MR) is 71.3 cm³/mol. The highest BCUT2D eigenvalue weighted by atomic mass is 35.5. The van der Waals surface area contributed by atoms with Gasteiger partial charge in [-0.2, -0.15) is 0 Å². The van der Waals surface area contributed by atoms with Crippen LogP contribution in [0.1, 0.15) is 5.56 Å². The summed E-state index contributed by atoms with van der Waals surface area (Å²) in [4.78, 5) is 4.24. The molecular formula is C13H12ClN3O. The fraction of sp³-hybridized carbons (Fsp3) is 0.154. The van der Waals surface area contributed by atoms with Gasteiger partial charge >= 0.3 is 0 Å². The number of nitrogens with one attached hydrogen (secondary N) is 1. The number of hydrogen-bond donors (Lipinski definition) is 1. The number of nitrogens with zero attached hydrogens (tertiary/aromatic N) is 2. The Balaban J connectivity index is 1.81. The van der Waals surface area contributed by atoms with Gasteiger partial charge in [0, 0.05) is 12.3 Å². The van der Waals surface area contributed by atoms with Crippen LogP contribution in [0.15, 0.2) is 47.3 Å². The molecule has 4 nitrogen and oxygen atoms in total.